The predicted octanol–water partition coefficient (Wildman–Crippen LogP) is 3.40. The van der Waals surface area contributed by atoms with Crippen LogP contribution in [-0.2, 0) is 11.3 Å². The van der Waals surface area contributed by atoms with Crippen LogP contribution in [0.3, 0.4) is 0 Å². The molecule has 2 heterocycles. The summed E-state index contributed by atoms with van der Waals surface area (Å²) >= 11 is 0. The number of ether oxygens (including phenoxy) is 4. The van der Waals surface area contributed by atoms with E-state index in [2.05, 4.69) is 10.5 Å². The number of hydrogen-bond donors (Lipinski definition) is 1. The molecule has 10 nitrogen and oxygen atoms in total. The molecule has 36 heavy (non-hydrogen) atoms. The lowest BCUT2D eigenvalue weighted by atomic mass is 10.1. The summed E-state index contributed by atoms with van der Waals surface area (Å²) in [4.78, 5) is 27.4. The van der Waals surface area contributed by atoms with E-state index >= 15 is 0 Å². The normalized spacial score (nSPS) is 13.8. The summed E-state index contributed by atoms with van der Waals surface area (Å²) in [6.07, 6.45) is 1.99. The first-order chi connectivity index (χ1) is 17.6. The van der Waals surface area contributed by atoms with E-state index in [0.717, 1.165) is 18.4 Å². The van der Waals surface area contributed by atoms with Gasteiger partial charge in [-0.3, -0.25) is 9.59 Å². The maximum absolute atomic E-state index is 13.2. The van der Waals surface area contributed by atoms with Crippen molar-refractivity contribution in [1.82, 2.24) is 15.4 Å². The third-order valence-corrected chi connectivity index (χ3v) is 6.16. The molecule has 10 heteroatoms. The second kappa shape index (κ2) is 10.2. The van der Waals surface area contributed by atoms with E-state index in [1.165, 1.54) is 0 Å². The Hall–Kier alpha value is -4.21. The third kappa shape index (κ3) is 5.07. The summed E-state index contributed by atoms with van der Waals surface area (Å²) in [5, 5.41) is 6.90. The Labute approximate surface area is 208 Å². The van der Waals surface area contributed by atoms with Gasteiger partial charge < -0.3 is 33.7 Å². The molecule has 0 spiro atoms. The van der Waals surface area contributed by atoms with Crippen LogP contribution in [0.1, 0.15) is 35.3 Å². The van der Waals surface area contributed by atoms with Gasteiger partial charge in [0.1, 0.15) is 11.5 Å². The van der Waals surface area contributed by atoms with E-state index < -0.39 is 0 Å². The largest absolute Gasteiger partial charge is 0.497 e. The van der Waals surface area contributed by atoms with Crippen LogP contribution in [0.15, 0.2) is 47.0 Å². The lowest BCUT2D eigenvalue weighted by molar-refractivity contribution is -0.121. The molecule has 2 aliphatic rings. The van der Waals surface area contributed by atoms with Crippen LogP contribution >= 0.6 is 0 Å². The number of aromatic nitrogens is 1. The summed E-state index contributed by atoms with van der Waals surface area (Å²) in [6, 6.07) is 12.5. The first kappa shape index (κ1) is 23.5. The molecule has 188 valence electrons. The Morgan fingerprint density at radius 3 is 2.67 bits per heavy atom. The molecule has 1 N–H and O–H groups in total. The smallest absolute Gasteiger partial charge is 0.276 e. The van der Waals surface area contributed by atoms with Gasteiger partial charge in [0.05, 0.1) is 19.8 Å². The fourth-order valence-electron chi connectivity index (χ4n) is 4.05. The summed E-state index contributed by atoms with van der Waals surface area (Å²) in [5.41, 5.74) is 1.72. The number of nitrogens with zero attached hydrogens (tertiary/aromatic N) is 2. The molecule has 0 atom stereocenters. The van der Waals surface area contributed by atoms with Gasteiger partial charge in [-0.25, -0.2) is 0 Å². The molecule has 2 aromatic carbocycles. The van der Waals surface area contributed by atoms with E-state index in [1.807, 2.05) is 18.2 Å². The quantitative estimate of drug-likeness (QED) is 0.457. The molecule has 1 saturated carbocycles. The predicted molar refractivity (Wildman–Crippen MR) is 128 cm³/mol. The van der Waals surface area contributed by atoms with Crippen LogP contribution in [0.4, 0.5) is 0 Å². The summed E-state index contributed by atoms with van der Waals surface area (Å²) < 4.78 is 26.9. The number of rotatable bonds is 10. The SMILES string of the molecule is COc1ccc(OC)c(-c2cc(C(=O)N(CCC(=O)NCc3ccc4c(c3)OCO4)C3CC3)no2)c1. The van der Waals surface area contributed by atoms with E-state index in [1.54, 1.807) is 43.4 Å². The zero-order chi connectivity index (χ0) is 25.1. The van der Waals surface area contributed by atoms with Crippen molar-refractivity contribution in [3.63, 3.8) is 0 Å². The van der Waals surface area contributed by atoms with Crippen LogP contribution in [0.2, 0.25) is 0 Å². The van der Waals surface area contributed by atoms with Gasteiger partial charge in [0, 0.05) is 31.6 Å². The lowest BCUT2D eigenvalue weighted by Gasteiger charge is -2.21. The highest BCUT2D eigenvalue weighted by Crippen LogP contribution is 2.35. The van der Waals surface area contributed by atoms with E-state index in [9.17, 15) is 9.59 Å². The molecule has 1 aromatic heterocycles. The number of fused-ring (bicyclic) bond motifs is 1. The highest BCUT2D eigenvalue weighted by atomic mass is 16.7. The van der Waals surface area contributed by atoms with Gasteiger partial charge >= 0.3 is 0 Å². The number of carbonyl (C=O) groups excluding carboxylic acids is 2. The van der Waals surface area contributed by atoms with Crippen LogP contribution in [0.5, 0.6) is 23.0 Å². The minimum absolute atomic E-state index is 0.102. The number of methoxy groups -OCH3 is 2. The van der Waals surface area contributed by atoms with Crippen molar-refractivity contribution < 1.29 is 33.1 Å². The standard InChI is InChI=1S/C26H27N3O7/c1-32-18-6-8-21(33-2)19(12-18)23-13-20(28-36-23)26(31)29(17-4-5-17)10-9-25(30)27-14-16-3-7-22-24(11-16)35-15-34-22/h3,6-8,11-13,17H,4-5,9-10,14-15H2,1-2H3,(H,27,30). The average Bonchev–Trinajstić information content (AvgIpc) is 3.42. The summed E-state index contributed by atoms with van der Waals surface area (Å²) in [7, 11) is 3.12. The van der Waals surface area contributed by atoms with E-state index in [4.69, 9.17) is 23.5 Å². The number of nitrogens with one attached hydrogen (secondary N) is 1. The van der Waals surface area contributed by atoms with Crippen molar-refractivity contribution in [1.29, 1.82) is 0 Å². The minimum atomic E-state index is -0.266. The molecule has 1 aliphatic carbocycles. The molecular formula is C26H27N3O7. The highest BCUT2D eigenvalue weighted by molar-refractivity contribution is 5.94. The van der Waals surface area contributed by atoms with Crippen LogP contribution in [0, 0.1) is 0 Å². The van der Waals surface area contributed by atoms with Crippen LogP contribution in [-0.4, -0.2) is 55.5 Å². The van der Waals surface area contributed by atoms with Crippen molar-refractivity contribution in [3.05, 3.63) is 53.7 Å². The first-order valence-electron chi connectivity index (χ1n) is 11.7. The van der Waals surface area contributed by atoms with Crippen molar-refractivity contribution in [2.75, 3.05) is 27.6 Å². The molecule has 0 bridgehead atoms. The molecule has 1 fully saturated rings. The van der Waals surface area contributed by atoms with Crippen molar-refractivity contribution in [3.8, 4) is 34.3 Å². The Bertz CT molecular complexity index is 1270. The second-order valence-corrected chi connectivity index (χ2v) is 8.59. The maximum Gasteiger partial charge on any atom is 0.276 e. The zero-order valence-electron chi connectivity index (χ0n) is 20.1. The number of hydrogen-bond acceptors (Lipinski definition) is 8. The Kier molecular flexibility index (Phi) is 6.66. The maximum atomic E-state index is 13.2. The number of amides is 2. The Morgan fingerprint density at radius 1 is 1.06 bits per heavy atom. The zero-order valence-corrected chi connectivity index (χ0v) is 20.1. The molecule has 0 radical (unpaired) electrons. The Morgan fingerprint density at radius 2 is 1.89 bits per heavy atom. The van der Waals surface area contributed by atoms with E-state index in [0.29, 0.717) is 47.4 Å². The molecule has 3 aromatic rings. The third-order valence-electron chi connectivity index (χ3n) is 6.16. The molecule has 5 rings (SSSR count). The second-order valence-electron chi connectivity index (χ2n) is 8.59. The van der Waals surface area contributed by atoms with Crippen LogP contribution in [0.25, 0.3) is 11.3 Å². The summed E-state index contributed by atoms with van der Waals surface area (Å²) in [5.74, 6) is 2.55. The average molecular weight is 494 g/mol. The molecule has 2 amide bonds. The van der Waals surface area contributed by atoms with Crippen molar-refractivity contribution in [2.45, 2.75) is 31.8 Å². The monoisotopic (exact) mass is 493 g/mol. The lowest BCUT2D eigenvalue weighted by Crippen LogP contribution is -2.37. The number of carbonyl (C=O) groups is 2. The van der Waals surface area contributed by atoms with Gasteiger partial charge in [0.25, 0.3) is 5.91 Å². The highest BCUT2D eigenvalue weighted by Gasteiger charge is 2.34. The van der Waals surface area contributed by atoms with Gasteiger partial charge in [-0.2, -0.15) is 0 Å². The van der Waals surface area contributed by atoms with E-state index in [-0.39, 0.29) is 36.8 Å². The minimum Gasteiger partial charge on any atom is -0.497 e. The van der Waals surface area contributed by atoms with Gasteiger partial charge in [0.15, 0.2) is 23.0 Å². The molecular weight excluding hydrogens is 466 g/mol. The fraction of sp³-hybridized carbons (Fsp3) is 0.346. The topological polar surface area (TPSA) is 112 Å². The van der Waals surface area contributed by atoms with Crippen LogP contribution < -0.4 is 24.3 Å². The van der Waals surface area contributed by atoms with Gasteiger partial charge in [-0.05, 0) is 48.7 Å². The molecule has 0 unspecified atom stereocenters. The first-order valence-corrected chi connectivity index (χ1v) is 11.7. The summed E-state index contributed by atoms with van der Waals surface area (Å²) in [6.45, 7) is 0.860. The Balaban J connectivity index is 1.21. The number of benzene rings is 2. The molecule has 1 aliphatic heterocycles. The van der Waals surface area contributed by atoms with Crippen molar-refractivity contribution in [2.24, 2.45) is 0 Å². The van der Waals surface area contributed by atoms with Gasteiger partial charge in [-0.15, -0.1) is 0 Å². The fourth-order valence-corrected chi connectivity index (χ4v) is 4.05. The van der Waals surface area contributed by atoms with Crippen molar-refractivity contribution >= 4 is 11.8 Å². The molecule has 0 saturated heterocycles. The van der Waals surface area contributed by atoms with Gasteiger partial charge in [0.2, 0.25) is 12.7 Å². The van der Waals surface area contributed by atoms with Gasteiger partial charge in [-0.1, -0.05) is 11.2 Å².